The van der Waals surface area contributed by atoms with Crippen molar-refractivity contribution in [1.82, 2.24) is 19.8 Å². The van der Waals surface area contributed by atoms with Gasteiger partial charge in [-0.15, -0.1) is 0 Å². The van der Waals surface area contributed by atoms with Crippen LogP contribution in [0.15, 0.2) is 72.8 Å². The molecule has 0 bridgehead atoms. The van der Waals surface area contributed by atoms with Crippen molar-refractivity contribution < 1.29 is 29.4 Å². The van der Waals surface area contributed by atoms with E-state index in [1.165, 1.54) is 21.3 Å². The van der Waals surface area contributed by atoms with Crippen LogP contribution in [0.1, 0.15) is 76.8 Å². The summed E-state index contributed by atoms with van der Waals surface area (Å²) in [7, 11) is 0. The van der Waals surface area contributed by atoms with Crippen LogP contribution in [0.5, 0.6) is 11.5 Å². The van der Waals surface area contributed by atoms with Crippen molar-refractivity contribution in [3.05, 3.63) is 127 Å². The van der Waals surface area contributed by atoms with Crippen molar-refractivity contribution in [1.29, 1.82) is 0 Å². The zero-order valence-corrected chi connectivity index (χ0v) is 35.0. The van der Waals surface area contributed by atoms with Gasteiger partial charge < -0.3 is 20.8 Å². The van der Waals surface area contributed by atoms with Crippen LogP contribution in [-0.2, 0) is 22.4 Å². The number of carbonyl (C=O) groups excluding carboxylic acids is 4. The Morgan fingerprint density at radius 2 is 1.04 bits per heavy atom. The summed E-state index contributed by atoms with van der Waals surface area (Å²) in [5.41, 5.74) is 4.42. The summed E-state index contributed by atoms with van der Waals surface area (Å²) in [4.78, 5) is 51.2. The van der Waals surface area contributed by atoms with Crippen LogP contribution in [0.3, 0.4) is 0 Å². The first-order chi connectivity index (χ1) is 27.0. The number of fused-ring (bicyclic) bond motifs is 2. The molecule has 4 N–H and O–H groups in total. The first-order valence-electron chi connectivity index (χ1n) is 18.2. The predicted molar refractivity (Wildman–Crippen MR) is 228 cm³/mol. The highest BCUT2D eigenvalue weighted by Gasteiger charge is 2.26. The third-order valence-corrected chi connectivity index (χ3v) is 10.7. The average molecular weight is 853 g/mol. The summed E-state index contributed by atoms with van der Waals surface area (Å²) >= 11 is 24.6. The monoisotopic (exact) mass is 850 g/mol. The van der Waals surface area contributed by atoms with Gasteiger partial charge in [0.2, 0.25) is 11.8 Å². The highest BCUT2D eigenvalue weighted by Crippen LogP contribution is 2.39. The standard InChI is InChI=1S/C22H22Cl2N2O3.C21H20Cl2N2O3/c1-3-4-11-25-19(28)12-16-13(2)26(17-9-10-18(27)21(24)20(16)17)22(29)14-5-7-15(23)8-6-14;1-11(2)24-18(27)10-15-12(3)25(16-8-9-17(26)20(23)19(15)16)21(28)13-4-6-14(22)7-5-13/h5-10,27H,3-4,11-12H2,1-2H3,(H,25,28);4-9,11,26H,10H2,1-3H3,(H,24,27). The third kappa shape index (κ3) is 9.42. The summed E-state index contributed by atoms with van der Waals surface area (Å²) < 4.78 is 3.04. The Hall–Kier alpha value is -5.00. The van der Waals surface area contributed by atoms with Gasteiger partial charge in [-0.25, -0.2) is 0 Å². The molecular weight excluding hydrogens is 810 g/mol. The molecule has 0 saturated carbocycles. The second-order valence-corrected chi connectivity index (χ2v) is 15.4. The number of nitrogens with one attached hydrogen (secondary N) is 2. The number of aromatic nitrogens is 2. The van der Waals surface area contributed by atoms with Crippen LogP contribution in [0, 0.1) is 13.8 Å². The van der Waals surface area contributed by atoms with E-state index in [1.807, 2.05) is 13.8 Å². The lowest BCUT2D eigenvalue weighted by atomic mass is 10.1. The summed E-state index contributed by atoms with van der Waals surface area (Å²) in [5, 5.41) is 28.2. The van der Waals surface area contributed by atoms with Crippen molar-refractivity contribution >= 4 is 91.8 Å². The number of halogens is 4. The molecule has 6 aromatic rings. The van der Waals surface area contributed by atoms with E-state index in [4.69, 9.17) is 46.4 Å². The molecule has 0 fully saturated rings. The van der Waals surface area contributed by atoms with Crippen molar-refractivity contribution in [2.75, 3.05) is 6.54 Å². The number of phenolic OH excluding ortho intramolecular Hbond substituents is 2. The number of phenols is 2. The average Bonchev–Trinajstić information content (AvgIpc) is 3.60. The van der Waals surface area contributed by atoms with Gasteiger partial charge in [-0.3, -0.25) is 28.3 Å². The molecule has 10 nitrogen and oxygen atoms in total. The van der Waals surface area contributed by atoms with Crippen LogP contribution >= 0.6 is 46.4 Å². The van der Waals surface area contributed by atoms with E-state index in [2.05, 4.69) is 17.6 Å². The van der Waals surface area contributed by atoms with E-state index < -0.39 is 0 Å². The van der Waals surface area contributed by atoms with Crippen LogP contribution in [-0.4, -0.2) is 55.6 Å². The molecule has 0 atom stereocenters. The molecule has 0 aliphatic carbocycles. The highest BCUT2D eigenvalue weighted by molar-refractivity contribution is 6.38. The molecule has 4 aromatic carbocycles. The molecule has 0 saturated heterocycles. The number of aromatic hydroxyl groups is 2. The van der Waals surface area contributed by atoms with Gasteiger partial charge in [-0.05, 0) is 118 Å². The number of unbranched alkanes of at least 4 members (excludes halogenated alkanes) is 1. The molecule has 2 heterocycles. The molecular formula is C43H42Cl4N4O6. The molecule has 14 heteroatoms. The van der Waals surface area contributed by atoms with Gasteiger partial charge in [-0.2, -0.15) is 0 Å². The Morgan fingerprint density at radius 1 is 0.632 bits per heavy atom. The fourth-order valence-electron chi connectivity index (χ4n) is 6.61. The number of rotatable bonds is 10. The lowest BCUT2D eigenvalue weighted by Crippen LogP contribution is -2.31. The molecule has 6 rings (SSSR count). The Labute approximate surface area is 350 Å². The third-order valence-electron chi connectivity index (χ3n) is 9.39. The maximum atomic E-state index is 13.2. The van der Waals surface area contributed by atoms with Crippen molar-refractivity contribution in [2.24, 2.45) is 0 Å². The predicted octanol–water partition coefficient (Wildman–Crippen LogP) is 9.83. The van der Waals surface area contributed by atoms with E-state index in [-0.39, 0.29) is 64.1 Å². The number of amides is 2. The van der Waals surface area contributed by atoms with Gasteiger partial charge in [-0.1, -0.05) is 59.7 Å². The van der Waals surface area contributed by atoms with Gasteiger partial charge >= 0.3 is 0 Å². The van der Waals surface area contributed by atoms with Gasteiger partial charge in [0.1, 0.15) is 11.5 Å². The Kier molecular flexibility index (Phi) is 14.0. The van der Waals surface area contributed by atoms with Crippen LogP contribution < -0.4 is 10.6 Å². The van der Waals surface area contributed by atoms with E-state index in [9.17, 15) is 29.4 Å². The van der Waals surface area contributed by atoms with E-state index in [1.54, 1.807) is 74.5 Å². The number of benzene rings is 4. The second kappa shape index (κ2) is 18.5. The number of hydrogen-bond acceptors (Lipinski definition) is 6. The lowest BCUT2D eigenvalue weighted by Gasteiger charge is -2.09. The fourth-order valence-corrected chi connectivity index (χ4v) is 7.41. The molecule has 0 spiro atoms. The highest BCUT2D eigenvalue weighted by atomic mass is 35.5. The fraction of sp³-hybridized carbons (Fsp3) is 0.256. The quantitative estimate of drug-likeness (QED) is 0.101. The summed E-state index contributed by atoms with van der Waals surface area (Å²) in [6, 6.07) is 19.3. The summed E-state index contributed by atoms with van der Waals surface area (Å²) in [6.45, 7) is 9.92. The number of hydrogen-bond donors (Lipinski definition) is 4. The van der Waals surface area contributed by atoms with E-state index in [0.717, 1.165) is 12.8 Å². The number of nitrogens with zero attached hydrogens (tertiary/aromatic N) is 2. The molecule has 0 radical (unpaired) electrons. The molecule has 2 amide bonds. The van der Waals surface area contributed by atoms with Crippen molar-refractivity contribution in [3.8, 4) is 11.5 Å². The van der Waals surface area contributed by atoms with Gasteiger partial charge in [0.25, 0.3) is 11.8 Å². The minimum Gasteiger partial charge on any atom is -0.506 e. The molecule has 0 aliphatic heterocycles. The Balaban J connectivity index is 0.000000218. The summed E-state index contributed by atoms with van der Waals surface area (Å²) in [5.74, 6) is -1.06. The van der Waals surface area contributed by atoms with Crippen molar-refractivity contribution in [2.45, 2.75) is 66.3 Å². The second-order valence-electron chi connectivity index (χ2n) is 13.8. The zero-order valence-electron chi connectivity index (χ0n) is 32.0. The molecule has 0 unspecified atom stereocenters. The minimum atomic E-state index is -0.267. The van der Waals surface area contributed by atoms with E-state index in [0.29, 0.717) is 72.0 Å². The molecule has 57 heavy (non-hydrogen) atoms. The van der Waals surface area contributed by atoms with Crippen LogP contribution in [0.25, 0.3) is 21.8 Å². The first kappa shape index (κ1) is 43.1. The molecule has 2 aromatic heterocycles. The zero-order chi connectivity index (χ0) is 41.7. The largest absolute Gasteiger partial charge is 0.506 e. The topological polar surface area (TPSA) is 143 Å². The van der Waals surface area contributed by atoms with Crippen LogP contribution in [0.2, 0.25) is 20.1 Å². The molecule has 0 aliphatic rings. The number of carbonyl (C=O) groups is 4. The van der Waals surface area contributed by atoms with Gasteiger partial charge in [0, 0.05) is 55.9 Å². The van der Waals surface area contributed by atoms with Crippen LogP contribution in [0.4, 0.5) is 0 Å². The SMILES string of the molecule is CCCCNC(=O)Cc1c(C)n(C(=O)c2ccc(Cl)cc2)c2ccc(O)c(Cl)c12.Cc1c(CC(=O)NC(C)C)c2c(Cl)c(O)ccc2n1C(=O)c1ccc(Cl)cc1. The molecule has 298 valence electrons. The normalized spacial score (nSPS) is 11.1. The summed E-state index contributed by atoms with van der Waals surface area (Å²) in [6.07, 6.45) is 1.98. The Morgan fingerprint density at radius 3 is 1.42 bits per heavy atom. The van der Waals surface area contributed by atoms with Crippen molar-refractivity contribution in [3.63, 3.8) is 0 Å². The maximum Gasteiger partial charge on any atom is 0.262 e. The Bertz CT molecular complexity index is 2490. The van der Waals surface area contributed by atoms with Gasteiger partial charge in [0.15, 0.2) is 0 Å². The van der Waals surface area contributed by atoms with Gasteiger partial charge in [0.05, 0.1) is 33.9 Å². The minimum absolute atomic E-state index is 0.0132. The lowest BCUT2D eigenvalue weighted by molar-refractivity contribution is -0.121. The maximum absolute atomic E-state index is 13.2. The first-order valence-corrected chi connectivity index (χ1v) is 19.8. The van der Waals surface area contributed by atoms with E-state index >= 15 is 0 Å². The smallest absolute Gasteiger partial charge is 0.262 e.